The number of aryl methyl sites for hydroxylation is 1. The van der Waals surface area contributed by atoms with Crippen molar-refractivity contribution in [1.82, 2.24) is 9.55 Å². The molecule has 0 radical (unpaired) electrons. The third-order valence-electron chi connectivity index (χ3n) is 2.61. The number of hydrogen-bond donors (Lipinski definition) is 0. The Labute approximate surface area is 125 Å². The Balaban J connectivity index is 2.14. The second-order valence-electron chi connectivity index (χ2n) is 3.84. The highest BCUT2D eigenvalue weighted by molar-refractivity contribution is 14.1. The molecule has 5 nitrogen and oxygen atoms in total. The highest BCUT2D eigenvalue weighted by atomic mass is 127. The van der Waals surface area contributed by atoms with Crippen LogP contribution in [0.5, 0.6) is 0 Å². The van der Waals surface area contributed by atoms with Crippen LogP contribution in [0.4, 0.5) is 0 Å². The van der Waals surface area contributed by atoms with E-state index < -0.39 is 9.84 Å². The summed E-state index contributed by atoms with van der Waals surface area (Å²) in [5, 5.41) is 8.68. The van der Waals surface area contributed by atoms with Gasteiger partial charge >= 0.3 is 0 Å². The van der Waals surface area contributed by atoms with Crippen molar-refractivity contribution >= 4 is 32.4 Å². The molecule has 0 aliphatic heterocycles. The SMILES string of the molecule is N#Cc1ccc(S(=O)(=O)CCn2ccnc2I)cc1. The largest absolute Gasteiger partial charge is 0.325 e. The summed E-state index contributed by atoms with van der Waals surface area (Å²) < 4.78 is 26.8. The van der Waals surface area contributed by atoms with Gasteiger partial charge in [0.2, 0.25) is 0 Å². The number of imidazole rings is 1. The number of halogens is 1. The Hall–Kier alpha value is -1.40. The van der Waals surface area contributed by atoms with Gasteiger partial charge in [0.15, 0.2) is 13.7 Å². The van der Waals surface area contributed by atoms with Crippen molar-refractivity contribution in [2.75, 3.05) is 5.75 Å². The van der Waals surface area contributed by atoms with Crippen molar-refractivity contribution in [1.29, 1.82) is 5.26 Å². The fraction of sp³-hybridized carbons (Fsp3) is 0.167. The zero-order chi connectivity index (χ0) is 13.9. The Bertz CT molecular complexity index is 714. The van der Waals surface area contributed by atoms with Crippen LogP contribution in [0.3, 0.4) is 0 Å². The Morgan fingerprint density at radius 3 is 2.53 bits per heavy atom. The van der Waals surface area contributed by atoms with Gasteiger partial charge in [0.25, 0.3) is 0 Å². The second-order valence-corrected chi connectivity index (χ2v) is 6.92. The lowest BCUT2D eigenvalue weighted by Crippen LogP contribution is -2.13. The molecule has 0 saturated carbocycles. The third-order valence-corrected chi connectivity index (χ3v) is 5.22. The average molecular weight is 387 g/mol. The number of nitriles is 1. The van der Waals surface area contributed by atoms with Gasteiger partial charge in [-0.15, -0.1) is 0 Å². The van der Waals surface area contributed by atoms with E-state index in [4.69, 9.17) is 5.26 Å². The van der Waals surface area contributed by atoms with E-state index in [1.54, 1.807) is 17.0 Å². The topological polar surface area (TPSA) is 75.8 Å². The lowest BCUT2D eigenvalue weighted by atomic mass is 10.2. The summed E-state index contributed by atoms with van der Waals surface area (Å²) in [5.41, 5.74) is 0.447. The minimum absolute atomic E-state index is 0.00522. The van der Waals surface area contributed by atoms with Crippen LogP contribution in [-0.4, -0.2) is 23.7 Å². The molecular weight excluding hydrogens is 377 g/mol. The number of hydrogen-bond acceptors (Lipinski definition) is 4. The van der Waals surface area contributed by atoms with E-state index in [1.807, 2.05) is 6.07 Å². The van der Waals surface area contributed by atoms with Gasteiger partial charge < -0.3 is 4.57 Å². The molecule has 0 saturated heterocycles. The fourth-order valence-electron chi connectivity index (χ4n) is 1.55. The first kappa shape index (κ1) is 14.0. The number of nitrogens with zero attached hydrogens (tertiary/aromatic N) is 3. The standard InChI is InChI=1S/C12H10IN3O2S/c13-12-15-5-6-16(12)7-8-19(17,18)11-3-1-10(9-14)2-4-11/h1-6H,7-8H2. The highest BCUT2D eigenvalue weighted by Gasteiger charge is 2.14. The van der Waals surface area contributed by atoms with Gasteiger partial charge in [-0.3, -0.25) is 0 Å². The molecule has 0 spiro atoms. The van der Waals surface area contributed by atoms with Crippen molar-refractivity contribution in [2.24, 2.45) is 0 Å². The summed E-state index contributed by atoms with van der Waals surface area (Å²) in [6.07, 6.45) is 3.38. The van der Waals surface area contributed by atoms with Gasteiger partial charge in [0.05, 0.1) is 22.3 Å². The van der Waals surface area contributed by atoms with Gasteiger partial charge in [-0.25, -0.2) is 13.4 Å². The molecule has 0 N–H and O–H groups in total. The minimum Gasteiger partial charge on any atom is -0.325 e. The first-order valence-electron chi connectivity index (χ1n) is 5.42. The summed E-state index contributed by atoms with van der Waals surface area (Å²) in [7, 11) is -3.34. The molecule has 0 amide bonds. The highest BCUT2D eigenvalue weighted by Crippen LogP contribution is 2.13. The minimum atomic E-state index is -3.34. The first-order chi connectivity index (χ1) is 9.03. The van der Waals surface area contributed by atoms with Crippen LogP contribution < -0.4 is 0 Å². The van der Waals surface area contributed by atoms with Crippen molar-refractivity contribution in [2.45, 2.75) is 11.4 Å². The van der Waals surface area contributed by atoms with Gasteiger partial charge in [-0.05, 0) is 46.9 Å². The summed E-state index contributed by atoms with van der Waals surface area (Å²) >= 11 is 2.05. The zero-order valence-electron chi connectivity index (χ0n) is 9.82. The molecule has 7 heteroatoms. The molecule has 1 heterocycles. The second kappa shape index (κ2) is 5.71. The molecule has 1 aromatic carbocycles. The summed E-state index contributed by atoms with van der Waals surface area (Å²) in [6.45, 7) is 0.362. The molecule has 2 aromatic rings. The van der Waals surface area contributed by atoms with E-state index >= 15 is 0 Å². The number of rotatable bonds is 4. The van der Waals surface area contributed by atoms with Crippen molar-refractivity contribution in [3.8, 4) is 6.07 Å². The van der Waals surface area contributed by atoms with E-state index in [-0.39, 0.29) is 10.6 Å². The van der Waals surface area contributed by atoms with Crippen LogP contribution in [0.2, 0.25) is 0 Å². The first-order valence-corrected chi connectivity index (χ1v) is 8.15. The third kappa shape index (κ3) is 3.33. The van der Waals surface area contributed by atoms with E-state index in [9.17, 15) is 8.42 Å². The van der Waals surface area contributed by atoms with Gasteiger partial charge in [0.1, 0.15) is 0 Å². The number of sulfone groups is 1. The van der Waals surface area contributed by atoms with Gasteiger partial charge in [0, 0.05) is 18.9 Å². The van der Waals surface area contributed by atoms with Crippen LogP contribution in [0, 0.1) is 15.2 Å². The molecule has 2 rings (SSSR count). The molecule has 0 fully saturated rings. The van der Waals surface area contributed by atoms with E-state index in [2.05, 4.69) is 27.6 Å². The molecule has 0 aliphatic rings. The Kier molecular flexibility index (Phi) is 4.21. The molecule has 1 aromatic heterocycles. The van der Waals surface area contributed by atoms with Gasteiger partial charge in [-0.1, -0.05) is 0 Å². The van der Waals surface area contributed by atoms with Gasteiger partial charge in [-0.2, -0.15) is 5.26 Å². The molecule has 0 unspecified atom stereocenters. The fourth-order valence-corrected chi connectivity index (χ4v) is 3.34. The van der Waals surface area contributed by atoms with E-state index in [0.29, 0.717) is 12.1 Å². The summed E-state index contributed by atoms with van der Waals surface area (Å²) in [4.78, 5) is 4.27. The molecular formula is C12H10IN3O2S. The Morgan fingerprint density at radius 2 is 2.00 bits per heavy atom. The number of aromatic nitrogens is 2. The van der Waals surface area contributed by atoms with Crippen LogP contribution in [-0.2, 0) is 16.4 Å². The van der Waals surface area contributed by atoms with E-state index in [1.165, 1.54) is 24.3 Å². The van der Waals surface area contributed by atoms with Crippen LogP contribution in [0.1, 0.15) is 5.56 Å². The average Bonchev–Trinajstić information content (AvgIpc) is 2.82. The monoisotopic (exact) mass is 387 g/mol. The number of benzene rings is 1. The molecule has 19 heavy (non-hydrogen) atoms. The predicted octanol–water partition coefficient (Wildman–Crippen LogP) is 1.83. The maximum atomic E-state index is 12.1. The molecule has 98 valence electrons. The summed E-state index contributed by atoms with van der Waals surface area (Å²) in [5.74, 6) is 0.00522. The van der Waals surface area contributed by atoms with E-state index in [0.717, 1.165) is 3.83 Å². The molecule has 0 bridgehead atoms. The van der Waals surface area contributed by atoms with Crippen LogP contribution in [0.25, 0.3) is 0 Å². The summed E-state index contributed by atoms with van der Waals surface area (Å²) in [6, 6.07) is 7.90. The van der Waals surface area contributed by atoms with Crippen molar-refractivity contribution < 1.29 is 8.42 Å². The maximum absolute atomic E-state index is 12.1. The zero-order valence-corrected chi connectivity index (χ0v) is 12.8. The Morgan fingerprint density at radius 1 is 1.32 bits per heavy atom. The smallest absolute Gasteiger partial charge is 0.180 e. The predicted molar refractivity (Wildman–Crippen MR) is 78.2 cm³/mol. The lowest BCUT2D eigenvalue weighted by Gasteiger charge is -2.06. The van der Waals surface area contributed by atoms with Crippen LogP contribution >= 0.6 is 22.6 Å². The molecule has 0 atom stereocenters. The maximum Gasteiger partial charge on any atom is 0.180 e. The molecule has 0 aliphatic carbocycles. The lowest BCUT2D eigenvalue weighted by molar-refractivity contribution is 0.588. The van der Waals surface area contributed by atoms with Crippen molar-refractivity contribution in [3.63, 3.8) is 0 Å². The van der Waals surface area contributed by atoms with Crippen LogP contribution in [0.15, 0.2) is 41.6 Å². The quantitative estimate of drug-likeness (QED) is 0.751. The van der Waals surface area contributed by atoms with Crippen molar-refractivity contribution in [3.05, 3.63) is 46.1 Å². The normalized spacial score (nSPS) is 11.2.